The molecule has 28 heavy (non-hydrogen) atoms. The summed E-state index contributed by atoms with van der Waals surface area (Å²) in [6.45, 7) is 17.8. The van der Waals surface area contributed by atoms with E-state index < -0.39 is 33.0 Å². The Labute approximate surface area is 167 Å². The van der Waals surface area contributed by atoms with Gasteiger partial charge in [0.1, 0.15) is 11.5 Å². The normalized spacial score (nSPS) is 19.6. The van der Waals surface area contributed by atoms with Crippen LogP contribution in [0.15, 0.2) is 18.2 Å². The third-order valence-electron chi connectivity index (χ3n) is 5.89. The van der Waals surface area contributed by atoms with Gasteiger partial charge in [-0.05, 0) is 64.0 Å². The minimum atomic E-state index is -4.82. The van der Waals surface area contributed by atoms with Crippen molar-refractivity contribution in [1.82, 2.24) is 0 Å². The Bertz CT molecular complexity index is 711. The van der Waals surface area contributed by atoms with E-state index in [2.05, 4.69) is 38.6 Å². The van der Waals surface area contributed by atoms with Crippen molar-refractivity contribution < 1.29 is 31.6 Å². The maximum atomic E-state index is 12.9. The van der Waals surface area contributed by atoms with Crippen molar-refractivity contribution in [2.24, 2.45) is 0 Å². The van der Waals surface area contributed by atoms with Crippen LogP contribution in [0.1, 0.15) is 48.5 Å². The first-order valence-corrected chi connectivity index (χ1v) is 12.2. The van der Waals surface area contributed by atoms with Gasteiger partial charge < -0.3 is 18.5 Å². The van der Waals surface area contributed by atoms with Crippen molar-refractivity contribution in [3.05, 3.63) is 18.2 Å². The minimum absolute atomic E-state index is 0.0569. The van der Waals surface area contributed by atoms with E-state index in [0.717, 1.165) is 0 Å². The lowest BCUT2D eigenvalue weighted by molar-refractivity contribution is -0.274. The van der Waals surface area contributed by atoms with Crippen LogP contribution in [0, 0.1) is 0 Å². The second kappa shape index (κ2) is 6.95. The van der Waals surface area contributed by atoms with Crippen molar-refractivity contribution in [1.29, 1.82) is 0 Å². The van der Waals surface area contributed by atoms with Gasteiger partial charge in [-0.2, -0.15) is 0 Å². The van der Waals surface area contributed by atoms with Crippen LogP contribution in [0.4, 0.5) is 13.2 Å². The summed E-state index contributed by atoms with van der Waals surface area (Å²) in [6.07, 6.45) is -4.82. The molecule has 0 radical (unpaired) electrons. The van der Waals surface area contributed by atoms with Crippen LogP contribution < -0.4 is 14.6 Å². The van der Waals surface area contributed by atoms with E-state index in [1.54, 1.807) is 0 Å². The minimum Gasteiger partial charge on any atom is -0.544 e. The molecule has 0 bridgehead atoms. The molecule has 4 nitrogen and oxygen atoms in total. The molecule has 0 saturated carbocycles. The Morgan fingerprint density at radius 1 is 0.964 bits per heavy atom. The molecular formula is C19H30BF3O4Si. The molecule has 9 heteroatoms. The molecule has 1 fully saturated rings. The highest BCUT2D eigenvalue weighted by Gasteiger charge is 2.53. The average molecular weight is 418 g/mol. The molecule has 1 aliphatic heterocycles. The summed E-state index contributed by atoms with van der Waals surface area (Å²) in [5.41, 5.74) is -1.22. The lowest BCUT2D eigenvalue weighted by atomic mass is 9.78. The van der Waals surface area contributed by atoms with Crippen LogP contribution in [0.5, 0.6) is 11.5 Å². The molecule has 1 saturated heterocycles. The number of rotatable bonds is 4. The summed E-state index contributed by atoms with van der Waals surface area (Å²) in [5, 5.41) is -0.0569. The Morgan fingerprint density at radius 2 is 1.46 bits per heavy atom. The summed E-state index contributed by atoms with van der Waals surface area (Å²) in [7, 11) is -3.17. The van der Waals surface area contributed by atoms with E-state index in [9.17, 15) is 13.2 Å². The molecule has 0 N–H and O–H groups in total. The summed E-state index contributed by atoms with van der Waals surface area (Å²) in [5.74, 6) is 0.124. The lowest BCUT2D eigenvalue weighted by Gasteiger charge is -2.36. The number of benzene rings is 1. The highest BCUT2D eigenvalue weighted by atomic mass is 28.4. The van der Waals surface area contributed by atoms with Crippen molar-refractivity contribution in [3.8, 4) is 11.5 Å². The second-order valence-electron chi connectivity index (χ2n) is 9.70. The fraction of sp³-hybridized carbons (Fsp3) is 0.684. The summed E-state index contributed by atoms with van der Waals surface area (Å²) in [6, 6.07) is 4.29. The van der Waals surface area contributed by atoms with Crippen LogP contribution in [0.2, 0.25) is 18.1 Å². The zero-order chi connectivity index (χ0) is 21.8. The smallest absolute Gasteiger partial charge is 0.544 e. The van der Waals surface area contributed by atoms with Gasteiger partial charge in [-0.15, -0.1) is 13.2 Å². The maximum absolute atomic E-state index is 12.9. The topological polar surface area (TPSA) is 36.9 Å². The summed E-state index contributed by atoms with van der Waals surface area (Å²) in [4.78, 5) is 0. The number of hydrogen-bond acceptors (Lipinski definition) is 4. The first-order valence-electron chi connectivity index (χ1n) is 9.29. The van der Waals surface area contributed by atoms with E-state index in [1.807, 2.05) is 27.7 Å². The quantitative estimate of drug-likeness (QED) is 0.625. The van der Waals surface area contributed by atoms with Gasteiger partial charge in [0.15, 0.2) is 0 Å². The Hall–Kier alpha value is -1.19. The number of alkyl halides is 3. The number of halogens is 3. The summed E-state index contributed by atoms with van der Waals surface area (Å²) < 4.78 is 61.1. The Morgan fingerprint density at radius 3 is 1.89 bits per heavy atom. The fourth-order valence-corrected chi connectivity index (χ4v) is 3.43. The maximum Gasteiger partial charge on any atom is 0.573 e. The monoisotopic (exact) mass is 418 g/mol. The van der Waals surface area contributed by atoms with Crippen LogP contribution in [-0.4, -0.2) is 33.0 Å². The zero-order valence-corrected chi connectivity index (χ0v) is 19.1. The fourth-order valence-electron chi connectivity index (χ4n) is 2.41. The van der Waals surface area contributed by atoms with Gasteiger partial charge in [-0.3, -0.25) is 0 Å². The van der Waals surface area contributed by atoms with Crippen LogP contribution in [0.25, 0.3) is 0 Å². The van der Waals surface area contributed by atoms with Gasteiger partial charge in [-0.25, -0.2) is 0 Å². The molecule has 0 aromatic heterocycles. The average Bonchev–Trinajstić information content (AvgIpc) is 2.66. The van der Waals surface area contributed by atoms with E-state index in [-0.39, 0.29) is 16.3 Å². The molecule has 1 aromatic rings. The van der Waals surface area contributed by atoms with Gasteiger partial charge in [0, 0.05) is 5.46 Å². The number of ether oxygens (including phenoxy) is 1. The molecule has 1 heterocycles. The van der Waals surface area contributed by atoms with Gasteiger partial charge >= 0.3 is 13.5 Å². The predicted octanol–water partition coefficient (Wildman–Crippen LogP) is 5.27. The van der Waals surface area contributed by atoms with Crippen LogP contribution in [0.3, 0.4) is 0 Å². The van der Waals surface area contributed by atoms with Gasteiger partial charge in [-0.1, -0.05) is 20.8 Å². The van der Waals surface area contributed by atoms with E-state index in [1.165, 1.54) is 18.2 Å². The standard InChI is InChI=1S/C19H30BF3O4Si/c1-16(2,3)28(8,9)25-13-10-11-15(24-19(21,22)23)14(12-13)20-26-17(4,5)18(6,7)27-20/h10-12H,1-9H3. The van der Waals surface area contributed by atoms with Crippen molar-refractivity contribution in [2.75, 3.05) is 0 Å². The molecule has 0 spiro atoms. The SMILES string of the molecule is CC1(C)OB(c2cc(O[Si](C)(C)C(C)(C)C)ccc2OC(F)(F)F)OC1(C)C. The Balaban J connectivity index is 2.46. The van der Waals surface area contributed by atoms with E-state index in [4.69, 9.17) is 13.7 Å². The molecule has 1 aliphatic rings. The summed E-state index contributed by atoms with van der Waals surface area (Å²) >= 11 is 0. The molecule has 158 valence electrons. The van der Waals surface area contributed by atoms with Crippen LogP contribution in [-0.2, 0) is 9.31 Å². The number of hydrogen-bond donors (Lipinski definition) is 0. The van der Waals surface area contributed by atoms with Crippen molar-refractivity contribution >= 4 is 20.9 Å². The van der Waals surface area contributed by atoms with Gasteiger partial charge in [0.2, 0.25) is 8.32 Å². The lowest BCUT2D eigenvalue weighted by Crippen LogP contribution is -2.44. The Kier molecular flexibility index (Phi) is 5.73. The van der Waals surface area contributed by atoms with Gasteiger partial charge in [0.05, 0.1) is 11.2 Å². The third kappa shape index (κ3) is 4.86. The van der Waals surface area contributed by atoms with Crippen molar-refractivity contribution in [3.63, 3.8) is 0 Å². The third-order valence-corrected chi connectivity index (χ3v) is 10.3. The van der Waals surface area contributed by atoms with Crippen molar-refractivity contribution in [2.45, 2.75) is 84.2 Å². The highest BCUT2D eigenvalue weighted by molar-refractivity contribution is 6.74. The predicted molar refractivity (Wildman–Crippen MR) is 107 cm³/mol. The molecule has 2 rings (SSSR count). The molecule has 0 atom stereocenters. The van der Waals surface area contributed by atoms with Gasteiger partial charge in [0.25, 0.3) is 0 Å². The molecule has 1 aromatic carbocycles. The molecule has 0 aliphatic carbocycles. The molecular weight excluding hydrogens is 388 g/mol. The molecule has 0 amide bonds. The zero-order valence-electron chi connectivity index (χ0n) is 18.1. The largest absolute Gasteiger partial charge is 0.573 e. The van der Waals surface area contributed by atoms with E-state index in [0.29, 0.717) is 5.75 Å². The van der Waals surface area contributed by atoms with Crippen LogP contribution >= 0.6 is 0 Å². The second-order valence-corrected chi connectivity index (χ2v) is 14.4. The first kappa shape index (κ1) is 23.1. The van der Waals surface area contributed by atoms with E-state index >= 15 is 0 Å². The molecule has 0 unspecified atom stereocenters. The first-order chi connectivity index (χ1) is 12.3. The highest BCUT2D eigenvalue weighted by Crippen LogP contribution is 2.40.